The summed E-state index contributed by atoms with van der Waals surface area (Å²) in [5.74, 6) is 1.15. The largest absolute Gasteiger partial charge is 0.483 e. The maximum atomic E-state index is 12.0. The van der Waals surface area contributed by atoms with Crippen molar-refractivity contribution in [3.05, 3.63) is 29.3 Å². The molecule has 1 amide bonds. The van der Waals surface area contributed by atoms with Crippen molar-refractivity contribution in [3.63, 3.8) is 0 Å². The van der Waals surface area contributed by atoms with Crippen LogP contribution in [-0.4, -0.2) is 56.7 Å². The quantitative estimate of drug-likeness (QED) is 0.690. The van der Waals surface area contributed by atoms with Gasteiger partial charge in [-0.2, -0.15) is 0 Å². The monoisotopic (exact) mass is 369 g/mol. The van der Waals surface area contributed by atoms with Gasteiger partial charge in [0.25, 0.3) is 5.91 Å². The van der Waals surface area contributed by atoms with E-state index in [0.29, 0.717) is 12.5 Å². The minimum absolute atomic E-state index is 0. The molecule has 0 aliphatic carbocycles. The first kappa shape index (κ1) is 21.7. The molecule has 1 fully saturated rings. The predicted molar refractivity (Wildman–Crippen MR) is 105 cm³/mol. The predicted octanol–water partition coefficient (Wildman–Crippen LogP) is 2.33. The van der Waals surface area contributed by atoms with Crippen LogP contribution < -0.4 is 15.4 Å². The van der Waals surface area contributed by atoms with Crippen LogP contribution in [0, 0.1) is 6.92 Å². The number of nitrogens with zero attached hydrogens (tertiary/aromatic N) is 1. The zero-order valence-electron chi connectivity index (χ0n) is 15.6. The van der Waals surface area contributed by atoms with E-state index in [0.717, 1.165) is 56.0 Å². The Morgan fingerprint density at radius 2 is 2.04 bits per heavy atom. The fourth-order valence-corrected chi connectivity index (χ4v) is 2.90. The molecule has 5 nitrogen and oxygen atoms in total. The molecule has 1 aromatic carbocycles. The van der Waals surface area contributed by atoms with E-state index in [1.165, 1.54) is 0 Å². The van der Waals surface area contributed by atoms with Crippen molar-refractivity contribution in [1.82, 2.24) is 15.5 Å². The second kappa shape index (κ2) is 11.3. The molecule has 1 aliphatic heterocycles. The van der Waals surface area contributed by atoms with Crippen LogP contribution in [0.4, 0.5) is 0 Å². The van der Waals surface area contributed by atoms with E-state index >= 15 is 0 Å². The van der Waals surface area contributed by atoms with Gasteiger partial charge in [-0.05, 0) is 43.0 Å². The van der Waals surface area contributed by atoms with Gasteiger partial charge in [-0.3, -0.25) is 4.79 Å². The average molecular weight is 370 g/mol. The standard InChI is InChI=1S/C19H31N3O2.ClH/c1-15(2)17-6-5-16(3)13-18(17)24-14-19(23)21-7-4-10-22-11-8-20-9-12-22;/h5-6,13,15,20H,4,7-12,14H2,1-3H3,(H,21,23);1H. The lowest BCUT2D eigenvalue weighted by molar-refractivity contribution is -0.123. The Hall–Kier alpha value is -1.30. The molecule has 142 valence electrons. The van der Waals surface area contributed by atoms with E-state index < -0.39 is 0 Å². The molecule has 2 rings (SSSR count). The van der Waals surface area contributed by atoms with Crippen LogP contribution in [0.5, 0.6) is 5.75 Å². The van der Waals surface area contributed by atoms with Crippen LogP contribution in [0.3, 0.4) is 0 Å². The number of ether oxygens (including phenoxy) is 1. The summed E-state index contributed by atoms with van der Waals surface area (Å²) in [6.45, 7) is 12.5. The van der Waals surface area contributed by atoms with Crippen LogP contribution in [0.15, 0.2) is 18.2 Å². The van der Waals surface area contributed by atoms with Crippen molar-refractivity contribution in [2.75, 3.05) is 45.9 Å². The highest BCUT2D eigenvalue weighted by molar-refractivity contribution is 5.85. The van der Waals surface area contributed by atoms with Crippen LogP contribution in [-0.2, 0) is 4.79 Å². The Labute approximate surface area is 157 Å². The molecule has 0 atom stereocenters. The maximum Gasteiger partial charge on any atom is 0.257 e. The Balaban J connectivity index is 0.00000312. The molecular weight excluding hydrogens is 338 g/mol. The van der Waals surface area contributed by atoms with Gasteiger partial charge in [0.15, 0.2) is 6.61 Å². The van der Waals surface area contributed by atoms with Crippen LogP contribution in [0.25, 0.3) is 0 Å². The number of carbonyl (C=O) groups is 1. The van der Waals surface area contributed by atoms with Gasteiger partial charge in [0.2, 0.25) is 0 Å². The molecule has 1 aliphatic rings. The van der Waals surface area contributed by atoms with E-state index in [1.54, 1.807) is 0 Å². The molecule has 0 aromatic heterocycles. The Morgan fingerprint density at radius 1 is 1.32 bits per heavy atom. The summed E-state index contributed by atoms with van der Waals surface area (Å²) in [5, 5.41) is 6.29. The van der Waals surface area contributed by atoms with Crippen molar-refractivity contribution >= 4 is 18.3 Å². The van der Waals surface area contributed by atoms with E-state index in [1.807, 2.05) is 13.0 Å². The number of halogens is 1. The molecule has 2 N–H and O–H groups in total. The lowest BCUT2D eigenvalue weighted by Crippen LogP contribution is -2.44. The van der Waals surface area contributed by atoms with Crippen molar-refractivity contribution < 1.29 is 9.53 Å². The van der Waals surface area contributed by atoms with Crippen LogP contribution in [0.1, 0.15) is 37.3 Å². The van der Waals surface area contributed by atoms with Gasteiger partial charge in [-0.15, -0.1) is 12.4 Å². The van der Waals surface area contributed by atoms with Gasteiger partial charge in [-0.25, -0.2) is 0 Å². The minimum Gasteiger partial charge on any atom is -0.483 e. The third-order valence-electron chi connectivity index (χ3n) is 4.33. The second-order valence-corrected chi connectivity index (χ2v) is 6.78. The van der Waals surface area contributed by atoms with E-state index in [9.17, 15) is 4.79 Å². The fraction of sp³-hybridized carbons (Fsp3) is 0.632. The van der Waals surface area contributed by atoms with Gasteiger partial charge in [0.1, 0.15) is 5.75 Å². The van der Waals surface area contributed by atoms with Gasteiger partial charge < -0.3 is 20.3 Å². The number of piperazine rings is 1. The summed E-state index contributed by atoms with van der Waals surface area (Å²) in [7, 11) is 0. The topological polar surface area (TPSA) is 53.6 Å². The van der Waals surface area contributed by atoms with E-state index in [-0.39, 0.29) is 24.9 Å². The third-order valence-corrected chi connectivity index (χ3v) is 4.33. The number of carbonyl (C=O) groups excluding carboxylic acids is 1. The number of amides is 1. The average Bonchev–Trinajstić information content (AvgIpc) is 2.57. The molecule has 1 saturated heterocycles. The Morgan fingerprint density at radius 3 is 2.72 bits per heavy atom. The molecule has 0 bridgehead atoms. The normalized spacial score (nSPS) is 14.9. The van der Waals surface area contributed by atoms with Gasteiger partial charge in [0.05, 0.1) is 0 Å². The molecule has 6 heteroatoms. The van der Waals surface area contributed by atoms with Gasteiger partial charge >= 0.3 is 0 Å². The summed E-state index contributed by atoms with van der Waals surface area (Å²) >= 11 is 0. The lowest BCUT2D eigenvalue weighted by atomic mass is 10.0. The molecular formula is C19H32ClN3O2. The molecule has 1 heterocycles. The highest BCUT2D eigenvalue weighted by Gasteiger charge is 2.11. The number of rotatable bonds is 8. The summed E-state index contributed by atoms with van der Waals surface area (Å²) in [4.78, 5) is 14.4. The first-order valence-corrected chi connectivity index (χ1v) is 8.99. The maximum absolute atomic E-state index is 12.0. The minimum atomic E-state index is -0.0495. The smallest absolute Gasteiger partial charge is 0.257 e. The summed E-state index contributed by atoms with van der Waals surface area (Å²) < 4.78 is 5.76. The summed E-state index contributed by atoms with van der Waals surface area (Å²) in [6, 6.07) is 6.17. The summed E-state index contributed by atoms with van der Waals surface area (Å²) in [5.41, 5.74) is 2.29. The Bertz CT molecular complexity index is 531. The lowest BCUT2D eigenvalue weighted by Gasteiger charge is -2.27. The van der Waals surface area contributed by atoms with Crippen LogP contribution >= 0.6 is 12.4 Å². The highest BCUT2D eigenvalue weighted by Crippen LogP contribution is 2.27. The fourth-order valence-electron chi connectivity index (χ4n) is 2.90. The van der Waals surface area contributed by atoms with Crippen molar-refractivity contribution in [2.45, 2.75) is 33.1 Å². The zero-order valence-corrected chi connectivity index (χ0v) is 16.5. The number of benzene rings is 1. The Kier molecular flexibility index (Phi) is 9.86. The molecule has 0 saturated carbocycles. The second-order valence-electron chi connectivity index (χ2n) is 6.78. The van der Waals surface area contributed by atoms with Gasteiger partial charge in [-0.1, -0.05) is 26.0 Å². The highest BCUT2D eigenvalue weighted by atomic mass is 35.5. The number of nitrogens with one attached hydrogen (secondary N) is 2. The van der Waals surface area contributed by atoms with Crippen molar-refractivity contribution in [3.8, 4) is 5.75 Å². The van der Waals surface area contributed by atoms with Crippen molar-refractivity contribution in [2.24, 2.45) is 0 Å². The van der Waals surface area contributed by atoms with Gasteiger partial charge in [0, 0.05) is 32.7 Å². The number of hydrogen-bond acceptors (Lipinski definition) is 4. The van der Waals surface area contributed by atoms with E-state index in [2.05, 4.69) is 41.5 Å². The number of hydrogen-bond donors (Lipinski definition) is 2. The third kappa shape index (κ3) is 7.63. The molecule has 0 spiro atoms. The first-order valence-electron chi connectivity index (χ1n) is 8.99. The molecule has 0 radical (unpaired) electrons. The van der Waals surface area contributed by atoms with E-state index in [4.69, 9.17) is 4.74 Å². The summed E-state index contributed by atoms with van der Waals surface area (Å²) in [6.07, 6.45) is 0.980. The first-order chi connectivity index (χ1) is 11.6. The SMILES string of the molecule is Cc1ccc(C(C)C)c(OCC(=O)NCCCN2CCNCC2)c1.Cl. The van der Waals surface area contributed by atoms with Crippen molar-refractivity contribution in [1.29, 1.82) is 0 Å². The molecule has 25 heavy (non-hydrogen) atoms. The van der Waals surface area contributed by atoms with Crippen LogP contribution in [0.2, 0.25) is 0 Å². The molecule has 0 unspecified atom stereocenters. The molecule has 1 aromatic rings. The zero-order chi connectivity index (χ0) is 17.4. The number of aryl methyl sites for hydroxylation is 1.